The Bertz CT molecular complexity index is 990. The topological polar surface area (TPSA) is 124 Å². The molecule has 2 N–H and O–H groups in total. The van der Waals surface area contributed by atoms with E-state index in [0.717, 1.165) is 5.56 Å². The van der Waals surface area contributed by atoms with Gasteiger partial charge in [0.1, 0.15) is 12.1 Å². The maximum absolute atomic E-state index is 13.3. The van der Waals surface area contributed by atoms with Crippen molar-refractivity contribution in [2.24, 2.45) is 5.92 Å². The van der Waals surface area contributed by atoms with Crippen LogP contribution in [0.1, 0.15) is 37.7 Å². The molecule has 0 aliphatic carbocycles. The molecule has 0 spiro atoms. The Morgan fingerprint density at radius 1 is 1.12 bits per heavy atom. The number of carboxylic acids is 1. The third-order valence-corrected chi connectivity index (χ3v) is 8.65. The van der Waals surface area contributed by atoms with Crippen LogP contribution in [-0.2, 0) is 24.4 Å². The number of carbonyl (C=O) groups is 3. The van der Waals surface area contributed by atoms with E-state index < -0.39 is 28.1 Å². The number of carboxylic acid groups (broad SMARTS) is 1. The van der Waals surface area contributed by atoms with Gasteiger partial charge in [-0.1, -0.05) is 17.7 Å². The average molecular weight is 512 g/mol. The number of likely N-dealkylation sites (tertiary alicyclic amines) is 2. The number of amides is 2. The lowest BCUT2D eigenvalue weighted by atomic mass is 9.94. The van der Waals surface area contributed by atoms with Gasteiger partial charge in [-0.05, 0) is 63.2 Å². The molecule has 2 heterocycles. The van der Waals surface area contributed by atoms with Crippen molar-refractivity contribution in [3.05, 3.63) is 29.8 Å². The monoisotopic (exact) mass is 511 g/mol. The van der Waals surface area contributed by atoms with Crippen molar-refractivity contribution in [3.63, 3.8) is 0 Å². The first kappa shape index (κ1) is 26.5. The minimum Gasteiger partial charge on any atom is -0.480 e. The third kappa shape index (κ3) is 6.31. The average Bonchev–Trinajstić information content (AvgIpc) is 3.31. The number of thioether (sulfide) groups is 1. The molecule has 2 aliphatic rings. The molecule has 2 amide bonds. The summed E-state index contributed by atoms with van der Waals surface area (Å²) in [6.45, 7) is 2.99. The van der Waals surface area contributed by atoms with Gasteiger partial charge >= 0.3 is 5.97 Å². The molecule has 2 saturated heterocycles. The zero-order valence-corrected chi connectivity index (χ0v) is 21.2. The van der Waals surface area contributed by atoms with Gasteiger partial charge in [-0.25, -0.2) is 13.2 Å². The number of nitrogens with one attached hydrogen (secondary N) is 1. The Hall–Kier alpha value is -2.11. The standard InChI is InChI=1S/C23H33N3O6S2/c1-16-5-7-18(8-6-16)34(31,32)24-19(11-15-33-2)22(28)25-13-9-17(10-14-25)21(27)26-12-3-4-20(26)23(29)30/h5-8,17,19-20,24H,3-4,9-15H2,1-2H3,(H,29,30)/t19-,20+/m0/s1. The summed E-state index contributed by atoms with van der Waals surface area (Å²) in [5, 5.41) is 9.36. The maximum atomic E-state index is 13.3. The van der Waals surface area contributed by atoms with Crippen LogP contribution in [0.4, 0.5) is 0 Å². The zero-order valence-electron chi connectivity index (χ0n) is 19.6. The van der Waals surface area contributed by atoms with Crippen LogP contribution in [0.25, 0.3) is 0 Å². The number of carbonyl (C=O) groups excluding carboxylic acids is 2. The second-order valence-corrected chi connectivity index (χ2v) is 11.6. The van der Waals surface area contributed by atoms with Crippen molar-refractivity contribution < 1.29 is 27.9 Å². The second-order valence-electron chi connectivity index (χ2n) is 8.90. The van der Waals surface area contributed by atoms with Gasteiger partial charge in [0.25, 0.3) is 0 Å². The van der Waals surface area contributed by atoms with Gasteiger partial charge in [-0.2, -0.15) is 16.5 Å². The van der Waals surface area contributed by atoms with E-state index in [2.05, 4.69) is 4.72 Å². The fourth-order valence-electron chi connectivity index (χ4n) is 4.53. The summed E-state index contributed by atoms with van der Waals surface area (Å²) < 4.78 is 28.4. The minimum absolute atomic E-state index is 0.114. The molecule has 2 aliphatic heterocycles. The number of hydrogen-bond acceptors (Lipinski definition) is 6. The van der Waals surface area contributed by atoms with Gasteiger partial charge in [0, 0.05) is 25.6 Å². The molecular formula is C23H33N3O6S2. The molecular weight excluding hydrogens is 478 g/mol. The number of rotatable bonds is 9. The van der Waals surface area contributed by atoms with Gasteiger partial charge in [-0.15, -0.1) is 0 Å². The van der Waals surface area contributed by atoms with Gasteiger partial charge in [-0.3, -0.25) is 9.59 Å². The number of benzene rings is 1. The first-order valence-corrected chi connectivity index (χ1v) is 14.4. The summed E-state index contributed by atoms with van der Waals surface area (Å²) in [4.78, 5) is 40.8. The van der Waals surface area contributed by atoms with Gasteiger partial charge in [0.05, 0.1) is 4.90 Å². The summed E-state index contributed by atoms with van der Waals surface area (Å²) in [7, 11) is -3.86. The quantitative estimate of drug-likeness (QED) is 0.517. The second kappa shape index (κ2) is 11.5. The molecule has 9 nitrogen and oxygen atoms in total. The number of nitrogens with zero attached hydrogens (tertiary/aromatic N) is 2. The predicted octanol–water partition coefficient (Wildman–Crippen LogP) is 1.71. The number of aryl methyl sites for hydroxylation is 1. The van der Waals surface area contributed by atoms with Crippen LogP contribution < -0.4 is 4.72 Å². The molecule has 188 valence electrons. The van der Waals surface area contributed by atoms with Crippen LogP contribution in [0.5, 0.6) is 0 Å². The first-order chi connectivity index (χ1) is 16.1. The van der Waals surface area contributed by atoms with Crippen molar-refractivity contribution in [2.45, 2.75) is 56.0 Å². The Labute approximate surface area is 205 Å². The van der Waals surface area contributed by atoms with E-state index in [1.54, 1.807) is 17.0 Å². The van der Waals surface area contributed by atoms with E-state index in [0.29, 0.717) is 57.5 Å². The largest absolute Gasteiger partial charge is 0.480 e. The zero-order chi connectivity index (χ0) is 24.9. The van der Waals surface area contributed by atoms with E-state index in [-0.39, 0.29) is 22.6 Å². The molecule has 2 atom stereocenters. The normalized spacial score (nSPS) is 20.4. The molecule has 11 heteroatoms. The Morgan fingerprint density at radius 3 is 2.35 bits per heavy atom. The summed E-state index contributed by atoms with van der Waals surface area (Å²) in [6, 6.07) is 4.82. The van der Waals surface area contributed by atoms with Crippen LogP contribution in [0.3, 0.4) is 0 Å². The molecule has 1 aromatic rings. The molecule has 0 radical (unpaired) electrons. The predicted molar refractivity (Wildman–Crippen MR) is 130 cm³/mol. The highest BCUT2D eigenvalue weighted by atomic mass is 32.2. The Balaban J connectivity index is 1.63. The number of hydrogen-bond donors (Lipinski definition) is 2. The highest BCUT2D eigenvalue weighted by Gasteiger charge is 2.39. The molecule has 0 aromatic heterocycles. The molecule has 34 heavy (non-hydrogen) atoms. The Kier molecular flexibility index (Phi) is 9.00. The van der Waals surface area contributed by atoms with Crippen molar-refractivity contribution in [3.8, 4) is 0 Å². The minimum atomic E-state index is -3.86. The third-order valence-electron chi connectivity index (χ3n) is 6.51. The lowest BCUT2D eigenvalue weighted by Crippen LogP contribution is -2.52. The summed E-state index contributed by atoms with van der Waals surface area (Å²) in [6.07, 6.45) is 4.28. The highest BCUT2D eigenvalue weighted by molar-refractivity contribution is 7.98. The molecule has 2 fully saturated rings. The van der Waals surface area contributed by atoms with Crippen molar-refractivity contribution in [1.82, 2.24) is 14.5 Å². The number of piperidine rings is 1. The fraction of sp³-hybridized carbons (Fsp3) is 0.609. The van der Waals surface area contributed by atoms with Gasteiger partial charge in [0.2, 0.25) is 21.8 Å². The van der Waals surface area contributed by atoms with Crippen LogP contribution in [-0.4, -0.2) is 84.8 Å². The van der Waals surface area contributed by atoms with Gasteiger partial charge in [0.15, 0.2) is 0 Å². The lowest BCUT2D eigenvalue weighted by molar-refractivity contribution is -0.151. The molecule has 0 bridgehead atoms. The van der Waals surface area contributed by atoms with E-state index in [9.17, 15) is 27.9 Å². The van der Waals surface area contributed by atoms with Crippen LogP contribution in [0, 0.1) is 12.8 Å². The van der Waals surface area contributed by atoms with Gasteiger partial charge < -0.3 is 14.9 Å². The van der Waals surface area contributed by atoms with Crippen molar-refractivity contribution >= 4 is 39.6 Å². The molecule has 1 aromatic carbocycles. The fourth-order valence-corrected chi connectivity index (χ4v) is 6.23. The number of aliphatic carboxylic acids is 1. The van der Waals surface area contributed by atoms with E-state index in [1.807, 2.05) is 13.2 Å². The summed E-state index contributed by atoms with van der Waals surface area (Å²) >= 11 is 1.53. The smallest absolute Gasteiger partial charge is 0.326 e. The summed E-state index contributed by atoms with van der Waals surface area (Å²) in [5.41, 5.74) is 0.940. The highest BCUT2D eigenvalue weighted by Crippen LogP contribution is 2.26. The van der Waals surface area contributed by atoms with Crippen molar-refractivity contribution in [1.29, 1.82) is 0 Å². The van der Waals surface area contributed by atoms with Crippen LogP contribution in [0.15, 0.2) is 29.2 Å². The van der Waals surface area contributed by atoms with Crippen LogP contribution in [0.2, 0.25) is 0 Å². The first-order valence-electron chi connectivity index (χ1n) is 11.5. The van der Waals surface area contributed by atoms with E-state index in [1.165, 1.54) is 28.8 Å². The summed E-state index contributed by atoms with van der Waals surface area (Å²) in [5.74, 6) is -1.13. The lowest BCUT2D eigenvalue weighted by Gasteiger charge is -2.35. The van der Waals surface area contributed by atoms with E-state index >= 15 is 0 Å². The molecule has 0 saturated carbocycles. The van der Waals surface area contributed by atoms with Crippen LogP contribution >= 0.6 is 11.8 Å². The molecule has 3 rings (SSSR count). The number of sulfonamides is 1. The van der Waals surface area contributed by atoms with E-state index in [4.69, 9.17) is 0 Å². The SMILES string of the molecule is CSCC[C@H](NS(=O)(=O)c1ccc(C)cc1)C(=O)N1CCC(C(=O)N2CCC[C@@H]2C(=O)O)CC1. The van der Waals surface area contributed by atoms with Crippen molar-refractivity contribution in [2.75, 3.05) is 31.6 Å². The maximum Gasteiger partial charge on any atom is 0.326 e. The Morgan fingerprint density at radius 2 is 1.76 bits per heavy atom. The molecule has 0 unspecified atom stereocenters.